The van der Waals surface area contributed by atoms with Crippen LogP contribution in [0, 0.1) is 6.92 Å². The van der Waals surface area contributed by atoms with Crippen LogP contribution in [-0.4, -0.2) is 22.4 Å². The quantitative estimate of drug-likeness (QED) is 0.645. The third-order valence-electron chi connectivity index (χ3n) is 3.04. The maximum absolute atomic E-state index is 9.76. The molecule has 0 radical (unpaired) electrons. The first kappa shape index (κ1) is 13.9. The standard InChI is InChI=1S/C15H17NO4/c1-9-3-6-13(20-2)11(7-9)16-8-10-4-5-12(17)15(19)14(10)18/h3-7,16-19H,8H2,1-2H3. The van der Waals surface area contributed by atoms with E-state index in [-0.39, 0.29) is 11.5 Å². The van der Waals surface area contributed by atoms with Gasteiger partial charge in [-0.2, -0.15) is 0 Å². The van der Waals surface area contributed by atoms with Gasteiger partial charge in [-0.15, -0.1) is 0 Å². The molecule has 2 rings (SSSR count). The minimum absolute atomic E-state index is 0.291. The Balaban J connectivity index is 2.21. The van der Waals surface area contributed by atoms with E-state index in [0.717, 1.165) is 11.3 Å². The van der Waals surface area contributed by atoms with Crippen molar-refractivity contribution >= 4 is 5.69 Å². The van der Waals surface area contributed by atoms with Crippen molar-refractivity contribution in [1.29, 1.82) is 0 Å². The summed E-state index contributed by atoms with van der Waals surface area (Å²) in [5.74, 6) is -0.498. The van der Waals surface area contributed by atoms with Crippen LogP contribution < -0.4 is 10.1 Å². The molecule has 0 atom stereocenters. The highest BCUT2D eigenvalue weighted by molar-refractivity contribution is 5.59. The van der Waals surface area contributed by atoms with Crippen molar-refractivity contribution < 1.29 is 20.1 Å². The highest BCUT2D eigenvalue weighted by atomic mass is 16.5. The molecule has 0 amide bonds. The third kappa shape index (κ3) is 2.71. The fourth-order valence-electron chi connectivity index (χ4n) is 1.90. The van der Waals surface area contributed by atoms with Crippen LogP contribution in [0.4, 0.5) is 5.69 Å². The van der Waals surface area contributed by atoms with Gasteiger partial charge in [-0.25, -0.2) is 0 Å². The van der Waals surface area contributed by atoms with Crippen molar-refractivity contribution in [3.05, 3.63) is 41.5 Å². The second kappa shape index (κ2) is 5.61. The first-order valence-corrected chi connectivity index (χ1v) is 6.14. The number of hydrogen-bond acceptors (Lipinski definition) is 5. The van der Waals surface area contributed by atoms with E-state index in [9.17, 15) is 15.3 Å². The van der Waals surface area contributed by atoms with Crippen LogP contribution >= 0.6 is 0 Å². The minimum Gasteiger partial charge on any atom is -0.504 e. The second-order valence-corrected chi connectivity index (χ2v) is 4.50. The Morgan fingerprint density at radius 1 is 1.05 bits per heavy atom. The monoisotopic (exact) mass is 275 g/mol. The van der Waals surface area contributed by atoms with E-state index in [1.165, 1.54) is 6.07 Å². The molecule has 0 fully saturated rings. The number of anilines is 1. The van der Waals surface area contributed by atoms with E-state index in [4.69, 9.17) is 4.74 Å². The average Bonchev–Trinajstić information content (AvgIpc) is 2.44. The van der Waals surface area contributed by atoms with Crippen LogP contribution in [0.2, 0.25) is 0 Å². The number of rotatable bonds is 4. The van der Waals surface area contributed by atoms with E-state index >= 15 is 0 Å². The fraction of sp³-hybridized carbons (Fsp3) is 0.200. The lowest BCUT2D eigenvalue weighted by Crippen LogP contribution is -2.02. The highest BCUT2D eigenvalue weighted by Crippen LogP contribution is 2.37. The Morgan fingerprint density at radius 3 is 2.50 bits per heavy atom. The van der Waals surface area contributed by atoms with Crippen LogP contribution in [0.3, 0.4) is 0 Å². The van der Waals surface area contributed by atoms with E-state index in [0.29, 0.717) is 17.9 Å². The molecule has 0 heterocycles. The number of hydrogen-bond donors (Lipinski definition) is 4. The van der Waals surface area contributed by atoms with E-state index < -0.39 is 5.75 Å². The molecule has 4 N–H and O–H groups in total. The first-order chi connectivity index (χ1) is 9.52. The molecule has 106 valence electrons. The molecule has 0 bridgehead atoms. The third-order valence-corrected chi connectivity index (χ3v) is 3.04. The average molecular weight is 275 g/mol. The molecular formula is C15H17NO4. The topological polar surface area (TPSA) is 82.0 Å². The van der Waals surface area contributed by atoms with Crippen molar-refractivity contribution in [2.24, 2.45) is 0 Å². The van der Waals surface area contributed by atoms with Gasteiger partial charge in [0.1, 0.15) is 5.75 Å². The van der Waals surface area contributed by atoms with Crippen molar-refractivity contribution in [2.75, 3.05) is 12.4 Å². The summed E-state index contributed by atoms with van der Waals surface area (Å²) in [6.45, 7) is 2.26. The number of ether oxygens (including phenoxy) is 1. The molecule has 20 heavy (non-hydrogen) atoms. The van der Waals surface area contributed by atoms with Crippen LogP contribution in [0.5, 0.6) is 23.0 Å². The van der Waals surface area contributed by atoms with Gasteiger partial charge in [0, 0.05) is 12.1 Å². The normalized spacial score (nSPS) is 10.3. The SMILES string of the molecule is COc1ccc(C)cc1NCc1ccc(O)c(O)c1O. The predicted molar refractivity (Wildman–Crippen MR) is 76.5 cm³/mol. The molecule has 0 aliphatic carbocycles. The maximum Gasteiger partial charge on any atom is 0.200 e. The van der Waals surface area contributed by atoms with Gasteiger partial charge in [-0.05, 0) is 36.8 Å². The maximum atomic E-state index is 9.76. The molecule has 0 unspecified atom stereocenters. The van der Waals surface area contributed by atoms with Gasteiger partial charge < -0.3 is 25.4 Å². The number of phenols is 3. The summed E-state index contributed by atoms with van der Waals surface area (Å²) in [5.41, 5.74) is 2.34. The summed E-state index contributed by atoms with van der Waals surface area (Å²) in [7, 11) is 1.58. The molecule has 0 spiro atoms. The van der Waals surface area contributed by atoms with E-state index in [1.807, 2.05) is 25.1 Å². The second-order valence-electron chi connectivity index (χ2n) is 4.50. The predicted octanol–water partition coefficient (Wildman–Crippen LogP) is 2.73. The van der Waals surface area contributed by atoms with Crippen LogP contribution in [0.15, 0.2) is 30.3 Å². The lowest BCUT2D eigenvalue weighted by atomic mass is 10.1. The van der Waals surface area contributed by atoms with Gasteiger partial charge in [0.2, 0.25) is 5.75 Å². The van der Waals surface area contributed by atoms with Gasteiger partial charge in [-0.3, -0.25) is 0 Å². The minimum atomic E-state index is -0.513. The summed E-state index contributed by atoms with van der Waals surface area (Å²) in [6.07, 6.45) is 0. The lowest BCUT2D eigenvalue weighted by Gasteiger charge is -2.13. The molecule has 2 aromatic carbocycles. The molecule has 0 aliphatic heterocycles. The summed E-state index contributed by atoms with van der Waals surface area (Å²) in [5, 5.41) is 31.6. The van der Waals surface area contributed by atoms with E-state index in [2.05, 4.69) is 5.32 Å². The fourth-order valence-corrected chi connectivity index (χ4v) is 1.90. The van der Waals surface area contributed by atoms with Crippen LogP contribution in [0.25, 0.3) is 0 Å². The van der Waals surface area contributed by atoms with Crippen molar-refractivity contribution in [2.45, 2.75) is 13.5 Å². The number of aromatic hydroxyl groups is 3. The summed E-state index contributed by atoms with van der Waals surface area (Å²) >= 11 is 0. The Labute approximate surface area is 117 Å². The van der Waals surface area contributed by atoms with E-state index in [1.54, 1.807) is 13.2 Å². The zero-order valence-electron chi connectivity index (χ0n) is 11.3. The Kier molecular flexibility index (Phi) is 3.89. The number of benzene rings is 2. The van der Waals surface area contributed by atoms with Gasteiger partial charge in [0.15, 0.2) is 11.5 Å². The van der Waals surface area contributed by atoms with Crippen molar-refractivity contribution in [3.8, 4) is 23.0 Å². The molecule has 5 nitrogen and oxygen atoms in total. The molecular weight excluding hydrogens is 258 g/mol. The molecule has 2 aromatic rings. The molecule has 0 saturated carbocycles. The number of nitrogens with one attached hydrogen (secondary N) is 1. The largest absolute Gasteiger partial charge is 0.504 e. The number of phenolic OH excluding ortho intramolecular Hbond substituents is 3. The first-order valence-electron chi connectivity index (χ1n) is 6.14. The molecule has 0 saturated heterocycles. The van der Waals surface area contributed by atoms with Crippen LogP contribution in [-0.2, 0) is 6.54 Å². The van der Waals surface area contributed by atoms with Gasteiger partial charge in [0.25, 0.3) is 0 Å². The Hall–Kier alpha value is -2.56. The van der Waals surface area contributed by atoms with Crippen LogP contribution in [0.1, 0.15) is 11.1 Å². The van der Waals surface area contributed by atoms with Crippen molar-refractivity contribution in [3.63, 3.8) is 0 Å². The summed E-state index contributed by atoms with van der Waals surface area (Å²) in [4.78, 5) is 0. The lowest BCUT2D eigenvalue weighted by molar-refractivity contribution is 0.365. The van der Waals surface area contributed by atoms with Gasteiger partial charge in [-0.1, -0.05) is 6.07 Å². The zero-order valence-corrected chi connectivity index (χ0v) is 11.3. The Bertz CT molecular complexity index is 626. The highest BCUT2D eigenvalue weighted by Gasteiger charge is 2.11. The summed E-state index contributed by atoms with van der Waals surface area (Å²) in [6, 6.07) is 8.59. The van der Waals surface area contributed by atoms with Gasteiger partial charge >= 0.3 is 0 Å². The number of methoxy groups -OCH3 is 1. The molecule has 0 aliphatic rings. The summed E-state index contributed by atoms with van der Waals surface area (Å²) < 4.78 is 5.25. The molecule has 5 heteroatoms. The smallest absolute Gasteiger partial charge is 0.200 e. The zero-order chi connectivity index (χ0) is 14.7. The number of aryl methyl sites for hydroxylation is 1. The van der Waals surface area contributed by atoms with Crippen molar-refractivity contribution in [1.82, 2.24) is 0 Å². The van der Waals surface area contributed by atoms with Gasteiger partial charge in [0.05, 0.1) is 12.8 Å². The molecule has 0 aromatic heterocycles. The Morgan fingerprint density at radius 2 is 1.80 bits per heavy atom.